The van der Waals surface area contributed by atoms with Gasteiger partial charge < -0.3 is 14.7 Å². The van der Waals surface area contributed by atoms with E-state index in [4.69, 9.17) is 4.74 Å². The van der Waals surface area contributed by atoms with E-state index >= 15 is 0 Å². The highest BCUT2D eigenvalue weighted by Gasteiger charge is 2.45. The third-order valence-electron chi connectivity index (χ3n) is 7.99. The van der Waals surface area contributed by atoms with Gasteiger partial charge >= 0.3 is 0 Å². The number of hydrogen-bond donors (Lipinski definition) is 1. The van der Waals surface area contributed by atoms with Crippen LogP contribution in [0.15, 0.2) is 59.0 Å². The second kappa shape index (κ2) is 12.2. The molecule has 3 aliphatic rings. The van der Waals surface area contributed by atoms with E-state index in [1.807, 2.05) is 31.2 Å². The Morgan fingerprint density at radius 1 is 0.900 bits per heavy atom. The van der Waals surface area contributed by atoms with Crippen LogP contribution in [0, 0.1) is 6.92 Å². The van der Waals surface area contributed by atoms with Crippen LogP contribution in [0.2, 0.25) is 0 Å². The predicted octanol–water partition coefficient (Wildman–Crippen LogP) is 3.31. The van der Waals surface area contributed by atoms with Crippen molar-refractivity contribution >= 4 is 27.5 Å². The standard InChI is InChI=1S/C30H37N3O6S/c1-22-6-8-23(9-7-22)27-26(29(35)30(36)33(27)17-5-14-31-18-20-39-21-19-31)28(34)24-10-12-25(13-11-24)40(37,38)32-15-3-2-4-16-32/h6-13,27,34H,2-5,14-21H2,1H3. The van der Waals surface area contributed by atoms with Crippen molar-refractivity contribution in [1.29, 1.82) is 0 Å². The van der Waals surface area contributed by atoms with E-state index in [9.17, 15) is 23.1 Å². The van der Waals surface area contributed by atoms with Crippen LogP contribution in [0.5, 0.6) is 0 Å². The number of benzene rings is 2. The van der Waals surface area contributed by atoms with Crippen molar-refractivity contribution in [2.24, 2.45) is 0 Å². The fourth-order valence-corrected chi connectivity index (χ4v) is 7.21. The first-order valence-electron chi connectivity index (χ1n) is 14.0. The summed E-state index contributed by atoms with van der Waals surface area (Å²) in [6.45, 7) is 7.14. The predicted molar refractivity (Wildman–Crippen MR) is 151 cm³/mol. The number of nitrogens with zero attached hydrogens (tertiary/aromatic N) is 3. The molecule has 2 aromatic carbocycles. The number of Topliss-reactive ketones (excluding diaryl/α,β-unsaturated/α-hetero) is 1. The van der Waals surface area contributed by atoms with Gasteiger partial charge in [-0.2, -0.15) is 4.31 Å². The minimum Gasteiger partial charge on any atom is -0.507 e. The fourth-order valence-electron chi connectivity index (χ4n) is 5.69. The normalized spacial score (nSPS) is 22.6. The maximum Gasteiger partial charge on any atom is 0.295 e. The third-order valence-corrected chi connectivity index (χ3v) is 9.90. The molecular formula is C30H37N3O6S. The average Bonchev–Trinajstić information content (AvgIpc) is 3.23. The number of sulfonamides is 1. The topological polar surface area (TPSA) is 107 Å². The van der Waals surface area contributed by atoms with Crippen LogP contribution in [0.3, 0.4) is 0 Å². The summed E-state index contributed by atoms with van der Waals surface area (Å²) in [5, 5.41) is 11.4. The molecule has 3 saturated heterocycles. The van der Waals surface area contributed by atoms with Gasteiger partial charge in [-0.3, -0.25) is 14.5 Å². The molecule has 9 nitrogen and oxygen atoms in total. The van der Waals surface area contributed by atoms with E-state index in [1.165, 1.54) is 28.6 Å². The van der Waals surface area contributed by atoms with Gasteiger partial charge in [0.05, 0.1) is 29.7 Å². The number of aliphatic hydroxyl groups is 1. The summed E-state index contributed by atoms with van der Waals surface area (Å²) in [7, 11) is -3.63. The molecule has 2 aromatic rings. The van der Waals surface area contributed by atoms with Crippen LogP contribution in [0.4, 0.5) is 0 Å². The van der Waals surface area contributed by atoms with Crippen LogP contribution in [0.1, 0.15) is 48.4 Å². The average molecular weight is 568 g/mol. The van der Waals surface area contributed by atoms with Crippen molar-refractivity contribution in [2.45, 2.75) is 43.5 Å². The minimum absolute atomic E-state index is 0.0202. The van der Waals surface area contributed by atoms with E-state index in [2.05, 4.69) is 4.90 Å². The summed E-state index contributed by atoms with van der Waals surface area (Å²) < 4.78 is 33.1. The largest absolute Gasteiger partial charge is 0.507 e. The monoisotopic (exact) mass is 567 g/mol. The Labute approximate surface area is 236 Å². The molecule has 1 unspecified atom stereocenters. The number of carbonyl (C=O) groups excluding carboxylic acids is 2. The highest BCUT2D eigenvalue weighted by Crippen LogP contribution is 2.39. The molecule has 0 bridgehead atoms. The first-order chi connectivity index (χ1) is 19.3. The van der Waals surface area contributed by atoms with Gasteiger partial charge in [0.15, 0.2) is 0 Å². The summed E-state index contributed by atoms with van der Waals surface area (Å²) in [5.74, 6) is -1.68. The number of morpholine rings is 1. The first-order valence-corrected chi connectivity index (χ1v) is 15.5. The van der Waals surface area contributed by atoms with E-state index in [-0.39, 0.29) is 16.2 Å². The molecule has 3 heterocycles. The molecule has 40 heavy (non-hydrogen) atoms. The number of amides is 1. The van der Waals surface area contributed by atoms with Crippen molar-refractivity contribution in [3.8, 4) is 0 Å². The summed E-state index contributed by atoms with van der Waals surface area (Å²) in [5.41, 5.74) is 2.09. The second-order valence-electron chi connectivity index (χ2n) is 10.7. The molecule has 3 aliphatic heterocycles. The molecule has 0 aliphatic carbocycles. The molecule has 1 atom stereocenters. The van der Waals surface area contributed by atoms with Crippen molar-refractivity contribution < 1.29 is 27.9 Å². The summed E-state index contributed by atoms with van der Waals surface area (Å²) in [6, 6.07) is 12.8. The van der Waals surface area contributed by atoms with Crippen LogP contribution < -0.4 is 0 Å². The number of carbonyl (C=O) groups is 2. The quantitative estimate of drug-likeness (QED) is 0.296. The zero-order valence-corrected chi connectivity index (χ0v) is 23.7. The van der Waals surface area contributed by atoms with E-state index in [0.29, 0.717) is 44.8 Å². The Morgan fingerprint density at radius 3 is 2.20 bits per heavy atom. The molecule has 1 N–H and O–H groups in total. The Bertz CT molecular complexity index is 1360. The Morgan fingerprint density at radius 2 is 1.55 bits per heavy atom. The first kappa shape index (κ1) is 28.5. The van der Waals surface area contributed by atoms with Gasteiger partial charge in [-0.1, -0.05) is 36.2 Å². The lowest BCUT2D eigenvalue weighted by atomic mass is 9.94. The summed E-state index contributed by atoms with van der Waals surface area (Å²) >= 11 is 0. The molecule has 10 heteroatoms. The van der Waals surface area contributed by atoms with Crippen molar-refractivity contribution in [3.05, 3.63) is 70.8 Å². The SMILES string of the molecule is Cc1ccc(C2C(=C(O)c3ccc(S(=O)(=O)N4CCCCC4)cc3)C(=O)C(=O)N2CCCN2CCOCC2)cc1. The van der Waals surface area contributed by atoms with Gasteiger partial charge in [0.25, 0.3) is 11.7 Å². The number of ether oxygens (including phenoxy) is 1. The smallest absolute Gasteiger partial charge is 0.295 e. The number of rotatable bonds is 8. The van der Waals surface area contributed by atoms with Gasteiger partial charge in [0.2, 0.25) is 10.0 Å². The molecule has 1 amide bonds. The molecule has 214 valence electrons. The molecule has 0 radical (unpaired) electrons. The molecular weight excluding hydrogens is 530 g/mol. The highest BCUT2D eigenvalue weighted by molar-refractivity contribution is 7.89. The Hall–Kier alpha value is -3.05. The summed E-state index contributed by atoms with van der Waals surface area (Å²) in [4.78, 5) is 30.6. The number of likely N-dealkylation sites (tertiary alicyclic amines) is 1. The van der Waals surface area contributed by atoms with E-state index < -0.39 is 27.8 Å². The molecule has 3 fully saturated rings. The fraction of sp³-hybridized carbons (Fsp3) is 0.467. The molecule has 0 saturated carbocycles. The Kier molecular flexibility index (Phi) is 8.70. The number of piperidine rings is 1. The molecule has 0 spiro atoms. The van der Waals surface area contributed by atoms with Gasteiger partial charge in [-0.25, -0.2) is 8.42 Å². The minimum atomic E-state index is -3.63. The highest BCUT2D eigenvalue weighted by atomic mass is 32.2. The zero-order valence-electron chi connectivity index (χ0n) is 22.9. The lowest BCUT2D eigenvalue weighted by Crippen LogP contribution is -2.38. The number of aryl methyl sites for hydroxylation is 1. The van der Waals surface area contributed by atoms with Gasteiger partial charge in [0.1, 0.15) is 5.76 Å². The molecule has 0 aromatic heterocycles. The number of aliphatic hydroxyl groups excluding tert-OH is 1. The van der Waals surface area contributed by atoms with Crippen LogP contribution in [-0.2, 0) is 24.3 Å². The second-order valence-corrected chi connectivity index (χ2v) is 12.6. The van der Waals surface area contributed by atoms with Crippen LogP contribution in [-0.4, -0.2) is 91.8 Å². The van der Waals surface area contributed by atoms with E-state index in [1.54, 1.807) is 4.90 Å². The maximum atomic E-state index is 13.3. The lowest BCUT2D eigenvalue weighted by molar-refractivity contribution is -0.140. The van der Waals surface area contributed by atoms with Crippen LogP contribution >= 0.6 is 0 Å². The van der Waals surface area contributed by atoms with Crippen molar-refractivity contribution in [3.63, 3.8) is 0 Å². The Balaban J connectivity index is 1.44. The lowest BCUT2D eigenvalue weighted by Gasteiger charge is -2.29. The third kappa shape index (κ3) is 5.85. The number of hydrogen-bond acceptors (Lipinski definition) is 7. The van der Waals surface area contributed by atoms with Gasteiger partial charge in [-0.15, -0.1) is 0 Å². The van der Waals surface area contributed by atoms with E-state index in [0.717, 1.165) is 50.0 Å². The zero-order chi connectivity index (χ0) is 28.3. The molecule has 5 rings (SSSR count). The van der Waals surface area contributed by atoms with Gasteiger partial charge in [0, 0.05) is 44.8 Å². The van der Waals surface area contributed by atoms with Crippen LogP contribution in [0.25, 0.3) is 5.76 Å². The number of ketones is 1. The summed E-state index contributed by atoms with van der Waals surface area (Å²) in [6.07, 6.45) is 3.37. The maximum absolute atomic E-state index is 13.3. The van der Waals surface area contributed by atoms with Gasteiger partial charge in [-0.05, 0) is 56.0 Å². The van der Waals surface area contributed by atoms with Crippen molar-refractivity contribution in [2.75, 3.05) is 52.5 Å². The van der Waals surface area contributed by atoms with Crippen molar-refractivity contribution in [1.82, 2.24) is 14.1 Å².